The highest BCUT2D eigenvalue weighted by atomic mass is 16.5. The number of ether oxygens (including phenoxy) is 1. The summed E-state index contributed by atoms with van der Waals surface area (Å²) in [4.78, 5) is 17.9. The summed E-state index contributed by atoms with van der Waals surface area (Å²) in [5, 5.41) is 0. The molecule has 1 aliphatic heterocycles. The Morgan fingerprint density at radius 2 is 2.09 bits per heavy atom. The fourth-order valence-electron chi connectivity index (χ4n) is 2.96. The molecular weight excluding hydrogens is 288 g/mol. The van der Waals surface area contributed by atoms with Gasteiger partial charge in [-0.1, -0.05) is 18.2 Å². The Hall–Kier alpha value is -2.36. The van der Waals surface area contributed by atoms with Crippen LogP contribution in [0.15, 0.2) is 42.6 Å². The van der Waals surface area contributed by atoms with Gasteiger partial charge < -0.3 is 9.64 Å². The first kappa shape index (κ1) is 15.5. The molecule has 0 aliphatic carbocycles. The van der Waals surface area contributed by atoms with Crippen molar-refractivity contribution in [1.82, 2.24) is 9.88 Å². The van der Waals surface area contributed by atoms with Crippen LogP contribution in [0.25, 0.3) is 0 Å². The van der Waals surface area contributed by atoms with Gasteiger partial charge in [0.05, 0.1) is 12.2 Å². The molecular formula is C19H22N2O2. The molecule has 3 rings (SSSR count). The van der Waals surface area contributed by atoms with E-state index in [1.165, 1.54) is 5.56 Å². The van der Waals surface area contributed by atoms with Crippen molar-refractivity contribution in [3.63, 3.8) is 0 Å². The maximum Gasteiger partial charge on any atom is 0.254 e. The molecule has 1 atom stereocenters. The summed E-state index contributed by atoms with van der Waals surface area (Å²) >= 11 is 0. The number of para-hydroxylation sites is 1. The fraction of sp³-hybridized carbons (Fsp3) is 0.368. The number of hydrogen-bond acceptors (Lipinski definition) is 3. The van der Waals surface area contributed by atoms with Crippen molar-refractivity contribution in [1.29, 1.82) is 0 Å². The fourth-order valence-corrected chi connectivity index (χ4v) is 2.96. The topological polar surface area (TPSA) is 42.4 Å². The van der Waals surface area contributed by atoms with E-state index >= 15 is 0 Å². The largest absolute Gasteiger partial charge is 0.493 e. The molecule has 2 heterocycles. The Labute approximate surface area is 137 Å². The van der Waals surface area contributed by atoms with Gasteiger partial charge in [-0.15, -0.1) is 0 Å². The number of fused-ring (bicyclic) bond motifs is 1. The van der Waals surface area contributed by atoms with E-state index in [2.05, 4.69) is 17.1 Å². The molecule has 0 bridgehead atoms. The second kappa shape index (κ2) is 6.82. The number of carbonyl (C=O) groups excluding carboxylic acids is 1. The zero-order valence-electron chi connectivity index (χ0n) is 13.7. The van der Waals surface area contributed by atoms with Gasteiger partial charge in [-0.05, 0) is 48.9 Å². The van der Waals surface area contributed by atoms with Crippen molar-refractivity contribution in [2.24, 2.45) is 5.92 Å². The molecule has 1 amide bonds. The molecule has 0 saturated carbocycles. The number of nitrogens with zero attached hydrogens (tertiary/aromatic N) is 2. The Bertz CT molecular complexity index is 680. The van der Waals surface area contributed by atoms with Crippen LogP contribution in [0.1, 0.15) is 28.0 Å². The third kappa shape index (κ3) is 3.70. The maximum atomic E-state index is 11.9. The number of aromatic nitrogens is 1. The lowest BCUT2D eigenvalue weighted by Crippen LogP contribution is -2.21. The van der Waals surface area contributed by atoms with Crippen LogP contribution in [0.2, 0.25) is 0 Å². The van der Waals surface area contributed by atoms with E-state index in [9.17, 15) is 4.79 Å². The summed E-state index contributed by atoms with van der Waals surface area (Å²) < 4.78 is 5.82. The molecule has 1 unspecified atom stereocenters. The van der Waals surface area contributed by atoms with Gasteiger partial charge in [0.2, 0.25) is 0 Å². The minimum absolute atomic E-state index is 0.0131. The maximum absolute atomic E-state index is 11.9. The van der Waals surface area contributed by atoms with Crippen LogP contribution < -0.4 is 4.74 Å². The molecule has 1 aromatic carbocycles. The number of amides is 1. The third-order valence-corrected chi connectivity index (χ3v) is 4.24. The minimum Gasteiger partial charge on any atom is -0.493 e. The van der Waals surface area contributed by atoms with E-state index in [0.717, 1.165) is 37.3 Å². The highest BCUT2D eigenvalue weighted by Crippen LogP contribution is 2.28. The van der Waals surface area contributed by atoms with Crippen molar-refractivity contribution in [3.05, 3.63) is 59.4 Å². The second-order valence-electron chi connectivity index (χ2n) is 6.26. The first-order chi connectivity index (χ1) is 11.1. The molecule has 4 nitrogen and oxygen atoms in total. The van der Waals surface area contributed by atoms with E-state index in [1.807, 2.05) is 24.3 Å². The minimum atomic E-state index is -0.0131. The average molecular weight is 310 g/mol. The molecule has 0 fully saturated rings. The number of benzene rings is 1. The first-order valence-electron chi connectivity index (χ1n) is 8.01. The van der Waals surface area contributed by atoms with Crippen LogP contribution in [0.3, 0.4) is 0 Å². The SMILES string of the molecule is CN(C)C(=O)c1ccc(CC2CCOc3ccccc3C2)nc1. The van der Waals surface area contributed by atoms with Crippen LogP contribution in [0.4, 0.5) is 0 Å². The van der Waals surface area contributed by atoms with Crippen LogP contribution in [0.5, 0.6) is 5.75 Å². The Morgan fingerprint density at radius 1 is 1.26 bits per heavy atom. The van der Waals surface area contributed by atoms with Gasteiger partial charge in [0.15, 0.2) is 0 Å². The average Bonchev–Trinajstić information content (AvgIpc) is 2.76. The Balaban J connectivity index is 1.69. The molecule has 0 spiro atoms. The lowest BCUT2D eigenvalue weighted by atomic mass is 9.92. The molecule has 2 aromatic rings. The summed E-state index contributed by atoms with van der Waals surface area (Å²) in [5.41, 5.74) is 2.94. The molecule has 0 saturated heterocycles. The number of rotatable bonds is 3. The van der Waals surface area contributed by atoms with E-state index in [0.29, 0.717) is 11.5 Å². The van der Waals surface area contributed by atoms with E-state index in [1.54, 1.807) is 25.2 Å². The van der Waals surface area contributed by atoms with Gasteiger partial charge in [-0.3, -0.25) is 9.78 Å². The lowest BCUT2D eigenvalue weighted by molar-refractivity contribution is 0.0827. The Morgan fingerprint density at radius 3 is 2.83 bits per heavy atom. The van der Waals surface area contributed by atoms with Crippen molar-refractivity contribution in [3.8, 4) is 5.75 Å². The van der Waals surface area contributed by atoms with Crippen LogP contribution in [0, 0.1) is 5.92 Å². The highest BCUT2D eigenvalue weighted by molar-refractivity contribution is 5.93. The quantitative estimate of drug-likeness (QED) is 0.875. The molecule has 1 aromatic heterocycles. The summed E-state index contributed by atoms with van der Waals surface area (Å²) in [6.45, 7) is 0.749. The van der Waals surface area contributed by atoms with Gasteiger partial charge >= 0.3 is 0 Å². The Kier molecular flexibility index (Phi) is 4.60. The highest BCUT2D eigenvalue weighted by Gasteiger charge is 2.18. The van der Waals surface area contributed by atoms with Crippen LogP contribution in [-0.2, 0) is 12.8 Å². The van der Waals surface area contributed by atoms with Gasteiger partial charge in [-0.25, -0.2) is 0 Å². The van der Waals surface area contributed by atoms with Gasteiger partial charge in [0, 0.05) is 26.0 Å². The molecule has 23 heavy (non-hydrogen) atoms. The predicted octanol–water partition coefficient (Wildman–Crippen LogP) is 2.97. The van der Waals surface area contributed by atoms with Crippen molar-refractivity contribution in [2.75, 3.05) is 20.7 Å². The number of hydrogen-bond donors (Lipinski definition) is 0. The summed E-state index contributed by atoms with van der Waals surface area (Å²) in [6.07, 6.45) is 4.62. The van der Waals surface area contributed by atoms with Crippen LogP contribution >= 0.6 is 0 Å². The monoisotopic (exact) mass is 310 g/mol. The van der Waals surface area contributed by atoms with E-state index < -0.39 is 0 Å². The van der Waals surface area contributed by atoms with Gasteiger partial charge in [-0.2, -0.15) is 0 Å². The second-order valence-corrected chi connectivity index (χ2v) is 6.26. The number of carbonyl (C=O) groups is 1. The van der Waals surface area contributed by atoms with Crippen molar-refractivity contribution >= 4 is 5.91 Å². The summed E-state index contributed by atoms with van der Waals surface area (Å²) in [7, 11) is 3.50. The smallest absolute Gasteiger partial charge is 0.254 e. The molecule has 120 valence electrons. The molecule has 0 radical (unpaired) electrons. The molecule has 1 aliphatic rings. The third-order valence-electron chi connectivity index (χ3n) is 4.24. The first-order valence-corrected chi connectivity index (χ1v) is 8.01. The standard InChI is InChI=1S/C19H22N2O2/c1-21(2)19(22)16-7-8-17(20-13-16)12-14-9-10-23-18-6-4-3-5-15(18)11-14/h3-8,13-14H,9-12H2,1-2H3. The summed E-state index contributed by atoms with van der Waals surface area (Å²) in [5.74, 6) is 1.51. The van der Waals surface area contributed by atoms with Gasteiger partial charge in [0.1, 0.15) is 5.75 Å². The zero-order chi connectivity index (χ0) is 16.2. The van der Waals surface area contributed by atoms with Crippen molar-refractivity contribution < 1.29 is 9.53 Å². The van der Waals surface area contributed by atoms with Crippen LogP contribution in [-0.4, -0.2) is 36.5 Å². The molecule has 0 N–H and O–H groups in total. The lowest BCUT2D eigenvalue weighted by Gasteiger charge is -2.14. The van der Waals surface area contributed by atoms with Gasteiger partial charge in [0.25, 0.3) is 5.91 Å². The zero-order valence-corrected chi connectivity index (χ0v) is 13.7. The molecule has 4 heteroatoms. The van der Waals surface area contributed by atoms with E-state index in [-0.39, 0.29) is 5.91 Å². The van der Waals surface area contributed by atoms with Crippen molar-refractivity contribution in [2.45, 2.75) is 19.3 Å². The normalized spacial score (nSPS) is 16.9. The van der Waals surface area contributed by atoms with E-state index in [4.69, 9.17) is 4.74 Å². The summed E-state index contributed by atoms with van der Waals surface area (Å²) in [6, 6.07) is 12.1. The number of pyridine rings is 1. The predicted molar refractivity (Wildman–Crippen MR) is 89.7 cm³/mol.